The number of hydrogen-bond acceptors (Lipinski definition) is 5. The van der Waals surface area contributed by atoms with E-state index in [4.69, 9.17) is 27.9 Å². The molecular formula is C18H16Cl2N4O4. The molecule has 0 saturated heterocycles. The van der Waals surface area contributed by atoms with Crippen molar-refractivity contribution >= 4 is 52.8 Å². The molecule has 2 rings (SSSR count). The van der Waals surface area contributed by atoms with Gasteiger partial charge in [0.15, 0.2) is 6.61 Å². The third-order valence-corrected chi connectivity index (χ3v) is 3.65. The lowest BCUT2D eigenvalue weighted by atomic mass is 10.2. The van der Waals surface area contributed by atoms with Gasteiger partial charge < -0.3 is 15.4 Å². The second-order valence-corrected chi connectivity index (χ2v) is 6.22. The average Bonchev–Trinajstić information content (AvgIpc) is 2.65. The number of benzene rings is 2. The minimum Gasteiger partial charge on any atom is -0.484 e. The highest BCUT2D eigenvalue weighted by Gasteiger charge is 2.09. The largest absolute Gasteiger partial charge is 0.484 e. The smallest absolute Gasteiger partial charge is 0.329 e. The summed E-state index contributed by atoms with van der Waals surface area (Å²) < 4.78 is 5.40. The van der Waals surface area contributed by atoms with Gasteiger partial charge in [-0.1, -0.05) is 23.2 Å². The molecule has 0 aliphatic heterocycles. The number of amides is 3. The Morgan fingerprint density at radius 3 is 2.29 bits per heavy atom. The Bertz CT molecular complexity index is 881. The number of carbonyl (C=O) groups is 3. The molecule has 0 bridgehead atoms. The molecule has 0 saturated carbocycles. The summed E-state index contributed by atoms with van der Waals surface area (Å²) in [6, 6.07) is 11.3. The first-order valence-electron chi connectivity index (χ1n) is 7.91. The number of anilines is 1. The molecular weight excluding hydrogens is 407 g/mol. The van der Waals surface area contributed by atoms with Crippen molar-refractivity contribution in [1.29, 1.82) is 0 Å². The monoisotopic (exact) mass is 422 g/mol. The Morgan fingerprint density at radius 2 is 1.68 bits per heavy atom. The molecule has 146 valence electrons. The van der Waals surface area contributed by atoms with E-state index in [0.29, 0.717) is 27.0 Å². The Hall–Kier alpha value is -3.10. The molecule has 0 heterocycles. The Kier molecular flexibility index (Phi) is 7.79. The number of nitrogens with one attached hydrogen (secondary N) is 3. The fourth-order valence-electron chi connectivity index (χ4n) is 1.95. The fourth-order valence-corrected chi connectivity index (χ4v) is 2.48. The fraction of sp³-hybridized carbons (Fsp3) is 0.111. The lowest BCUT2D eigenvalue weighted by molar-refractivity contribution is -0.138. The summed E-state index contributed by atoms with van der Waals surface area (Å²) in [5, 5.41) is 9.29. The van der Waals surface area contributed by atoms with Crippen LogP contribution in [-0.2, 0) is 14.4 Å². The lowest BCUT2D eigenvalue weighted by Crippen LogP contribution is -2.35. The van der Waals surface area contributed by atoms with Gasteiger partial charge in [-0.2, -0.15) is 5.10 Å². The summed E-state index contributed by atoms with van der Waals surface area (Å²) in [5.74, 6) is -1.57. The summed E-state index contributed by atoms with van der Waals surface area (Å²) in [4.78, 5) is 34.2. The standard InChI is InChI=1S/C18H16Cl2N4O4/c1-21-17(26)18(27)24-22-9-11-2-4-15(5-3-11)28-10-16(25)23-14-7-12(19)6-13(20)8-14/h2-9H,10H2,1H3,(H,21,26)(H,23,25)(H,24,27)/b22-9-. The van der Waals surface area contributed by atoms with Crippen molar-refractivity contribution in [2.24, 2.45) is 5.10 Å². The first kappa shape index (κ1) is 21.2. The highest BCUT2D eigenvalue weighted by atomic mass is 35.5. The van der Waals surface area contributed by atoms with Crippen molar-refractivity contribution in [3.05, 3.63) is 58.1 Å². The zero-order chi connectivity index (χ0) is 20.5. The van der Waals surface area contributed by atoms with E-state index in [1.807, 2.05) is 0 Å². The molecule has 0 aromatic heterocycles. The molecule has 0 fully saturated rings. The van der Waals surface area contributed by atoms with E-state index in [9.17, 15) is 14.4 Å². The molecule has 0 aliphatic carbocycles. The molecule has 0 radical (unpaired) electrons. The molecule has 0 spiro atoms. The van der Waals surface area contributed by atoms with Gasteiger partial charge in [0.25, 0.3) is 5.91 Å². The van der Waals surface area contributed by atoms with Crippen LogP contribution in [0.5, 0.6) is 5.75 Å². The van der Waals surface area contributed by atoms with Crippen molar-refractivity contribution in [2.45, 2.75) is 0 Å². The third-order valence-electron chi connectivity index (χ3n) is 3.21. The van der Waals surface area contributed by atoms with Crippen LogP contribution in [0.15, 0.2) is 47.6 Å². The Morgan fingerprint density at radius 1 is 1.04 bits per heavy atom. The molecule has 3 N–H and O–H groups in total. The van der Waals surface area contributed by atoms with Gasteiger partial charge in [0.05, 0.1) is 6.21 Å². The van der Waals surface area contributed by atoms with E-state index >= 15 is 0 Å². The second kappa shape index (κ2) is 10.3. The molecule has 2 aromatic carbocycles. The summed E-state index contributed by atoms with van der Waals surface area (Å²) in [6.07, 6.45) is 1.36. The summed E-state index contributed by atoms with van der Waals surface area (Å²) in [6.45, 7) is -0.209. The van der Waals surface area contributed by atoms with Crippen LogP contribution in [0.4, 0.5) is 5.69 Å². The number of rotatable bonds is 6. The van der Waals surface area contributed by atoms with Crippen molar-refractivity contribution in [3.8, 4) is 5.75 Å². The van der Waals surface area contributed by atoms with Crippen molar-refractivity contribution < 1.29 is 19.1 Å². The van der Waals surface area contributed by atoms with Crippen molar-refractivity contribution in [1.82, 2.24) is 10.7 Å². The van der Waals surface area contributed by atoms with Gasteiger partial charge in [0.2, 0.25) is 0 Å². The number of hydrazone groups is 1. The van der Waals surface area contributed by atoms with E-state index in [2.05, 4.69) is 21.2 Å². The van der Waals surface area contributed by atoms with Gasteiger partial charge in [-0.3, -0.25) is 14.4 Å². The average molecular weight is 423 g/mol. The number of nitrogens with zero attached hydrogens (tertiary/aromatic N) is 1. The molecule has 0 unspecified atom stereocenters. The van der Waals surface area contributed by atoms with E-state index in [1.54, 1.807) is 42.5 Å². The predicted octanol–water partition coefficient (Wildman–Crippen LogP) is 2.21. The highest BCUT2D eigenvalue weighted by Crippen LogP contribution is 2.22. The summed E-state index contributed by atoms with van der Waals surface area (Å²) in [5.41, 5.74) is 3.21. The van der Waals surface area contributed by atoms with Crippen molar-refractivity contribution in [3.63, 3.8) is 0 Å². The maximum Gasteiger partial charge on any atom is 0.329 e. The quantitative estimate of drug-likeness (QED) is 0.376. The van der Waals surface area contributed by atoms with Crippen LogP contribution in [-0.4, -0.2) is 37.6 Å². The minimum absolute atomic E-state index is 0.209. The van der Waals surface area contributed by atoms with Crippen LogP contribution in [0.1, 0.15) is 5.56 Å². The first-order chi connectivity index (χ1) is 13.4. The maximum absolute atomic E-state index is 11.9. The zero-order valence-corrected chi connectivity index (χ0v) is 16.2. The van der Waals surface area contributed by atoms with Gasteiger partial charge in [-0.15, -0.1) is 0 Å². The normalized spacial score (nSPS) is 10.4. The molecule has 2 aromatic rings. The van der Waals surface area contributed by atoms with Gasteiger partial charge >= 0.3 is 11.8 Å². The molecule has 28 heavy (non-hydrogen) atoms. The lowest BCUT2D eigenvalue weighted by Gasteiger charge is -2.08. The number of likely N-dealkylation sites (N-methyl/N-ethyl adjacent to an activating group) is 1. The van der Waals surface area contributed by atoms with Crippen LogP contribution >= 0.6 is 23.2 Å². The zero-order valence-electron chi connectivity index (χ0n) is 14.7. The van der Waals surface area contributed by atoms with E-state index < -0.39 is 11.8 Å². The molecule has 3 amide bonds. The molecule has 8 nitrogen and oxygen atoms in total. The third kappa shape index (κ3) is 6.90. The van der Waals surface area contributed by atoms with Crippen LogP contribution in [0.2, 0.25) is 10.0 Å². The first-order valence-corrected chi connectivity index (χ1v) is 8.67. The SMILES string of the molecule is CNC(=O)C(=O)N/N=C\c1ccc(OCC(=O)Nc2cc(Cl)cc(Cl)c2)cc1. The second-order valence-electron chi connectivity index (χ2n) is 5.34. The minimum atomic E-state index is -0.870. The van der Waals surface area contributed by atoms with Gasteiger partial charge in [-0.05, 0) is 48.0 Å². The van der Waals surface area contributed by atoms with Gasteiger partial charge in [-0.25, -0.2) is 5.43 Å². The number of ether oxygens (including phenoxy) is 1. The van der Waals surface area contributed by atoms with E-state index in [-0.39, 0.29) is 12.5 Å². The van der Waals surface area contributed by atoms with Gasteiger partial charge in [0, 0.05) is 22.8 Å². The Balaban J connectivity index is 1.82. The Labute approximate surface area is 170 Å². The molecule has 10 heteroatoms. The molecule has 0 atom stereocenters. The topological polar surface area (TPSA) is 109 Å². The van der Waals surface area contributed by atoms with Crippen LogP contribution < -0.4 is 20.8 Å². The number of halogens is 2. The van der Waals surface area contributed by atoms with Crippen LogP contribution in [0.25, 0.3) is 0 Å². The molecule has 0 aliphatic rings. The van der Waals surface area contributed by atoms with Crippen LogP contribution in [0.3, 0.4) is 0 Å². The van der Waals surface area contributed by atoms with E-state index in [0.717, 1.165) is 0 Å². The van der Waals surface area contributed by atoms with Crippen LogP contribution in [0, 0.1) is 0 Å². The summed E-state index contributed by atoms with van der Waals surface area (Å²) >= 11 is 11.8. The van der Waals surface area contributed by atoms with E-state index in [1.165, 1.54) is 13.3 Å². The number of hydrogen-bond donors (Lipinski definition) is 3. The van der Waals surface area contributed by atoms with Gasteiger partial charge in [0.1, 0.15) is 5.75 Å². The highest BCUT2D eigenvalue weighted by molar-refractivity contribution is 6.35. The summed E-state index contributed by atoms with van der Waals surface area (Å²) in [7, 11) is 1.34. The maximum atomic E-state index is 11.9. The van der Waals surface area contributed by atoms with Crippen molar-refractivity contribution in [2.75, 3.05) is 19.0 Å². The predicted molar refractivity (Wildman–Crippen MR) is 107 cm³/mol. The number of carbonyl (C=O) groups excluding carboxylic acids is 3.